The molecule has 0 saturated heterocycles. The first-order valence-corrected chi connectivity index (χ1v) is 4.52. The van der Waals surface area contributed by atoms with Gasteiger partial charge in [0.15, 0.2) is 0 Å². The molecule has 0 bridgehead atoms. The SMILES string of the molecule is CCO.O=[P+](O)O.O=[P+](O)O. The third-order valence-corrected chi connectivity index (χ3v) is 0. The van der Waals surface area contributed by atoms with Gasteiger partial charge in [-0.2, -0.15) is 0 Å². The van der Waals surface area contributed by atoms with Crippen LogP contribution in [0.2, 0.25) is 0 Å². The smallest absolute Gasteiger partial charge is 0.397 e. The zero-order valence-corrected chi connectivity index (χ0v) is 7.44. The fourth-order valence-corrected chi connectivity index (χ4v) is 0. The van der Waals surface area contributed by atoms with E-state index < -0.39 is 16.5 Å². The summed E-state index contributed by atoms with van der Waals surface area (Å²) in [5, 5.41) is 7.57. The summed E-state index contributed by atoms with van der Waals surface area (Å²) in [6, 6.07) is 0. The van der Waals surface area contributed by atoms with Gasteiger partial charge in [-0.1, -0.05) is 0 Å². The molecule has 0 aliphatic carbocycles. The highest BCUT2D eigenvalue weighted by molar-refractivity contribution is 7.31. The lowest BCUT2D eigenvalue weighted by Gasteiger charge is -1.52. The molecule has 0 aliphatic rings. The van der Waals surface area contributed by atoms with Crippen molar-refractivity contribution in [2.75, 3.05) is 6.61 Å². The van der Waals surface area contributed by atoms with Crippen LogP contribution in [0.4, 0.5) is 0 Å². The Labute approximate surface area is 64.8 Å². The Hall–Kier alpha value is -0.0000000000000000416. The molecule has 0 radical (unpaired) electrons. The third kappa shape index (κ3) is 368999999999999985105407004949610496. The van der Waals surface area contributed by atoms with E-state index in [2.05, 4.69) is 0 Å². The van der Waals surface area contributed by atoms with Crippen molar-refractivity contribution in [2.45, 2.75) is 6.92 Å². The number of aliphatic hydroxyl groups excluding tert-OH is 1. The zero-order valence-electron chi connectivity index (χ0n) is 5.65. The van der Waals surface area contributed by atoms with Gasteiger partial charge in [0.1, 0.15) is 0 Å². The summed E-state index contributed by atoms with van der Waals surface area (Å²) in [7, 11) is -5.74. The Kier molecular flexibility index (Phi) is 25.8. The normalized spacial score (nSPS) is 6.36. The minimum Gasteiger partial charge on any atom is -0.397 e. The van der Waals surface area contributed by atoms with Crippen LogP contribution in [0, 0.1) is 0 Å². The summed E-state index contributed by atoms with van der Waals surface area (Å²) in [6.45, 7) is 1.93. The predicted octanol–water partition coefficient (Wildman–Crippen LogP) is -0.745. The lowest BCUT2D eigenvalue weighted by molar-refractivity contribution is 0.318. The quantitative estimate of drug-likeness (QED) is 0.330. The lowest BCUT2D eigenvalue weighted by Crippen LogP contribution is -1.57. The van der Waals surface area contributed by atoms with Crippen LogP contribution in [0.3, 0.4) is 0 Å². The van der Waals surface area contributed by atoms with Crippen LogP contribution in [0.25, 0.3) is 0 Å². The molecule has 0 aromatic carbocycles. The van der Waals surface area contributed by atoms with Gasteiger partial charge in [-0.25, -0.2) is 0 Å². The number of rotatable bonds is 0. The second-order valence-electron chi connectivity index (χ2n) is 0.822. The van der Waals surface area contributed by atoms with Crippen LogP contribution in [0.5, 0.6) is 0 Å². The van der Waals surface area contributed by atoms with E-state index >= 15 is 0 Å². The molecule has 0 fully saturated rings. The summed E-state index contributed by atoms with van der Waals surface area (Å²) in [4.78, 5) is 28.5. The minimum absolute atomic E-state index is 0.250. The standard InChI is InChI=1S/C2H6O.2HO3P/c1-2-3;2*1-4(2)3/h3H,2H2,1H3;2*(H-,1,2,3)/p+2. The van der Waals surface area contributed by atoms with E-state index in [4.69, 9.17) is 33.8 Å². The maximum absolute atomic E-state index is 8.70. The molecule has 0 amide bonds. The van der Waals surface area contributed by atoms with Gasteiger partial charge in [-0.15, -0.1) is 19.6 Å². The topological polar surface area (TPSA) is 135 Å². The van der Waals surface area contributed by atoms with E-state index in [-0.39, 0.29) is 6.61 Å². The van der Waals surface area contributed by atoms with Crippen molar-refractivity contribution >= 4 is 16.5 Å². The second-order valence-corrected chi connectivity index (χ2v) is 1.83. The second kappa shape index (κ2) is 16.5. The van der Waals surface area contributed by atoms with E-state index in [1.807, 2.05) is 0 Å². The molecule has 0 aromatic heterocycles. The Morgan fingerprint density at radius 2 is 1.00 bits per heavy atom. The van der Waals surface area contributed by atoms with Crippen molar-refractivity contribution in [3.8, 4) is 0 Å². The molecule has 9 heteroatoms. The molecule has 0 heterocycles. The first-order chi connectivity index (χ1) is 4.88. The van der Waals surface area contributed by atoms with Gasteiger partial charge >= 0.3 is 16.5 Å². The summed E-state index contributed by atoms with van der Waals surface area (Å²) >= 11 is 0. The van der Waals surface area contributed by atoms with Crippen LogP contribution < -0.4 is 0 Å². The molecule has 68 valence electrons. The van der Waals surface area contributed by atoms with E-state index in [0.29, 0.717) is 0 Å². The van der Waals surface area contributed by atoms with Crippen molar-refractivity contribution in [3.63, 3.8) is 0 Å². The summed E-state index contributed by atoms with van der Waals surface area (Å²) in [6.07, 6.45) is 0. The van der Waals surface area contributed by atoms with Crippen molar-refractivity contribution in [2.24, 2.45) is 0 Å². The Bertz CT molecular complexity index is 82.6. The molecular formula is C2H10O7P2+2. The maximum atomic E-state index is 8.70. The lowest BCUT2D eigenvalue weighted by atomic mass is 10.9. The molecule has 0 rings (SSSR count). The Morgan fingerprint density at radius 1 is 1.00 bits per heavy atom. The van der Waals surface area contributed by atoms with Crippen molar-refractivity contribution in [3.05, 3.63) is 0 Å². The van der Waals surface area contributed by atoms with E-state index in [0.717, 1.165) is 0 Å². The number of hydrogen-bond donors (Lipinski definition) is 5. The van der Waals surface area contributed by atoms with E-state index in [1.165, 1.54) is 0 Å². The molecule has 11 heavy (non-hydrogen) atoms. The zero-order chi connectivity index (χ0) is 9.86. The fraction of sp³-hybridized carbons (Fsp3) is 1.00. The molecule has 0 unspecified atom stereocenters. The largest absolute Gasteiger partial charge is 0.692 e. The van der Waals surface area contributed by atoms with Crippen LogP contribution in [-0.2, 0) is 9.13 Å². The van der Waals surface area contributed by atoms with Crippen LogP contribution >= 0.6 is 16.5 Å². The Morgan fingerprint density at radius 3 is 1.00 bits per heavy atom. The van der Waals surface area contributed by atoms with E-state index in [1.54, 1.807) is 6.92 Å². The molecule has 0 aromatic rings. The van der Waals surface area contributed by atoms with Crippen molar-refractivity contribution in [1.82, 2.24) is 0 Å². The maximum Gasteiger partial charge on any atom is 0.692 e. The van der Waals surface area contributed by atoms with Gasteiger partial charge < -0.3 is 5.11 Å². The molecule has 7 nitrogen and oxygen atoms in total. The van der Waals surface area contributed by atoms with Gasteiger partial charge in [-0.05, 0) is 6.92 Å². The highest BCUT2D eigenvalue weighted by atomic mass is 31.1. The third-order valence-electron chi connectivity index (χ3n) is 0. The Balaban J connectivity index is -0.0000000886. The van der Waals surface area contributed by atoms with Gasteiger partial charge in [0.2, 0.25) is 0 Å². The molecule has 5 N–H and O–H groups in total. The van der Waals surface area contributed by atoms with Crippen molar-refractivity contribution in [1.29, 1.82) is 0 Å². The molecular weight excluding hydrogens is 198 g/mol. The van der Waals surface area contributed by atoms with Gasteiger partial charge in [0.05, 0.1) is 0 Å². The first kappa shape index (κ1) is 17.2. The highest BCUT2D eigenvalue weighted by Crippen LogP contribution is 1.98. The number of hydrogen-bond acceptors (Lipinski definition) is 3. The van der Waals surface area contributed by atoms with Gasteiger partial charge in [0, 0.05) is 15.7 Å². The average Bonchev–Trinajstić information content (AvgIpc) is 1.60. The van der Waals surface area contributed by atoms with Crippen LogP contribution in [0.15, 0.2) is 0 Å². The molecule has 0 spiro atoms. The molecule has 0 saturated carbocycles. The van der Waals surface area contributed by atoms with Crippen LogP contribution in [0.1, 0.15) is 6.92 Å². The fourth-order valence-electron chi connectivity index (χ4n) is 0. The average molecular weight is 208 g/mol. The van der Waals surface area contributed by atoms with Crippen LogP contribution in [-0.4, -0.2) is 31.3 Å². The molecule has 0 atom stereocenters. The van der Waals surface area contributed by atoms with Gasteiger partial charge in [0.25, 0.3) is 0 Å². The summed E-state index contributed by atoms with van der Waals surface area (Å²) in [5.74, 6) is 0. The predicted molar refractivity (Wildman–Crippen MR) is 36.8 cm³/mol. The minimum atomic E-state index is -2.87. The van der Waals surface area contributed by atoms with Crippen molar-refractivity contribution < 1.29 is 33.8 Å². The van der Waals surface area contributed by atoms with E-state index in [9.17, 15) is 0 Å². The molecule has 0 aliphatic heterocycles. The first-order valence-electron chi connectivity index (χ1n) is 2.19. The highest BCUT2D eigenvalue weighted by Gasteiger charge is 1.93. The van der Waals surface area contributed by atoms with Gasteiger partial charge in [-0.3, -0.25) is 0 Å². The summed E-state index contributed by atoms with van der Waals surface area (Å²) < 4.78 is 17.4. The monoisotopic (exact) mass is 208 g/mol. The summed E-state index contributed by atoms with van der Waals surface area (Å²) in [5.41, 5.74) is 0. The number of aliphatic hydroxyl groups is 1.